The third-order valence-electron chi connectivity index (χ3n) is 4.69. The van der Waals surface area contributed by atoms with E-state index < -0.39 is 0 Å². The standard InChI is InChI=1S/C12H24N2O/c1-14(5-6-15-2)12(9-13)8-10-3-4-11(12)7-10/h10-11H,3-9,13H2,1-2H3. The van der Waals surface area contributed by atoms with Gasteiger partial charge in [0, 0.05) is 25.7 Å². The minimum absolute atomic E-state index is 0.293. The Hall–Kier alpha value is -0.120. The molecule has 0 heterocycles. The highest BCUT2D eigenvalue weighted by Crippen LogP contribution is 2.52. The Balaban J connectivity index is 2.02. The van der Waals surface area contributed by atoms with Crippen LogP contribution >= 0.6 is 0 Å². The van der Waals surface area contributed by atoms with Crippen LogP contribution < -0.4 is 5.73 Å². The van der Waals surface area contributed by atoms with Crippen molar-refractivity contribution in [3.8, 4) is 0 Å². The number of methoxy groups -OCH3 is 1. The van der Waals surface area contributed by atoms with E-state index in [0.29, 0.717) is 5.54 Å². The van der Waals surface area contributed by atoms with Crippen LogP contribution in [0, 0.1) is 11.8 Å². The van der Waals surface area contributed by atoms with Gasteiger partial charge in [0.05, 0.1) is 6.61 Å². The molecule has 0 saturated heterocycles. The number of hydrogen-bond donors (Lipinski definition) is 1. The van der Waals surface area contributed by atoms with E-state index in [2.05, 4.69) is 11.9 Å². The van der Waals surface area contributed by atoms with Crippen LogP contribution in [0.4, 0.5) is 0 Å². The second-order valence-electron chi connectivity index (χ2n) is 5.30. The smallest absolute Gasteiger partial charge is 0.0589 e. The Labute approximate surface area is 93.0 Å². The van der Waals surface area contributed by atoms with Crippen molar-refractivity contribution in [3.63, 3.8) is 0 Å². The maximum atomic E-state index is 6.05. The first-order valence-corrected chi connectivity index (χ1v) is 6.13. The van der Waals surface area contributed by atoms with Gasteiger partial charge >= 0.3 is 0 Å². The lowest BCUT2D eigenvalue weighted by Crippen LogP contribution is -2.56. The zero-order valence-corrected chi connectivity index (χ0v) is 10.0. The Morgan fingerprint density at radius 2 is 2.27 bits per heavy atom. The van der Waals surface area contributed by atoms with E-state index in [-0.39, 0.29) is 0 Å². The fourth-order valence-corrected chi connectivity index (χ4v) is 3.74. The van der Waals surface area contributed by atoms with Crippen LogP contribution in [0.1, 0.15) is 25.7 Å². The topological polar surface area (TPSA) is 38.5 Å². The lowest BCUT2D eigenvalue weighted by atomic mass is 9.79. The highest BCUT2D eigenvalue weighted by molar-refractivity contribution is 5.07. The van der Waals surface area contributed by atoms with Crippen LogP contribution in [0.15, 0.2) is 0 Å². The minimum atomic E-state index is 0.293. The molecule has 3 atom stereocenters. The zero-order valence-electron chi connectivity index (χ0n) is 10.0. The summed E-state index contributed by atoms with van der Waals surface area (Å²) in [6.07, 6.45) is 5.55. The Morgan fingerprint density at radius 3 is 2.73 bits per heavy atom. The van der Waals surface area contributed by atoms with Gasteiger partial charge in [-0.2, -0.15) is 0 Å². The molecule has 0 aromatic rings. The summed E-state index contributed by atoms with van der Waals surface area (Å²) in [5.41, 5.74) is 6.34. The van der Waals surface area contributed by atoms with Gasteiger partial charge in [-0.3, -0.25) is 4.90 Å². The van der Waals surface area contributed by atoms with Crippen LogP contribution in [0.3, 0.4) is 0 Å². The molecule has 0 amide bonds. The fourth-order valence-electron chi connectivity index (χ4n) is 3.74. The van der Waals surface area contributed by atoms with Crippen molar-refractivity contribution < 1.29 is 4.74 Å². The van der Waals surface area contributed by atoms with Crippen LogP contribution in [0.2, 0.25) is 0 Å². The second kappa shape index (κ2) is 4.40. The zero-order chi connectivity index (χ0) is 10.9. The predicted octanol–water partition coefficient (Wildman–Crippen LogP) is 1.08. The Bertz CT molecular complexity index is 222. The van der Waals surface area contributed by atoms with Gasteiger partial charge in [-0.15, -0.1) is 0 Å². The van der Waals surface area contributed by atoms with Crippen LogP contribution in [0.25, 0.3) is 0 Å². The maximum absolute atomic E-state index is 6.05. The van der Waals surface area contributed by atoms with Crippen LogP contribution in [-0.2, 0) is 4.74 Å². The van der Waals surface area contributed by atoms with E-state index in [0.717, 1.165) is 31.5 Å². The van der Waals surface area contributed by atoms with Crippen molar-refractivity contribution in [1.29, 1.82) is 0 Å². The SMILES string of the molecule is COCCN(C)C1(CN)CC2CCC1C2. The number of fused-ring (bicyclic) bond motifs is 2. The molecule has 3 unspecified atom stereocenters. The number of hydrogen-bond acceptors (Lipinski definition) is 3. The van der Waals surface area contributed by atoms with Gasteiger partial charge in [0.15, 0.2) is 0 Å². The van der Waals surface area contributed by atoms with Crippen LogP contribution in [0.5, 0.6) is 0 Å². The molecule has 2 fully saturated rings. The van der Waals surface area contributed by atoms with Gasteiger partial charge in [-0.05, 0) is 38.1 Å². The largest absolute Gasteiger partial charge is 0.383 e. The first-order chi connectivity index (χ1) is 7.23. The lowest BCUT2D eigenvalue weighted by molar-refractivity contribution is 0.0423. The molecule has 0 aromatic heterocycles. The maximum Gasteiger partial charge on any atom is 0.0589 e. The Kier molecular flexibility index (Phi) is 3.33. The fraction of sp³-hybridized carbons (Fsp3) is 1.00. The number of ether oxygens (including phenoxy) is 1. The molecular formula is C12H24N2O. The normalized spacial score (nSPS) is 39.2. The molecule has 3 heteroatoms. The molecule has 0 spiro atoms. The molecule has 2 aliphatic rings. The van der Waals surface area contributed by atoms with Crippen molar-refractivity contribution in [2.45, 2.75) is 31.2 Å². The molecular weight excluding hydrogens is 188 g/mol. The van der Waals surface area contributed by atoms with Crippen molar-refractivity contribution in [1.82, 2.24) is 4.90 Å². The number of rotatable bonds is 5. The van der Waals surface area contributed by atoms with Gasteiger partial charge in [0.25, 0.3) is 0 Å². The lowest BCUT2D eigenvalue weighted by Gasteiger charge is -2.44. The van der Waals surface area contributed by atoms with Crippen molar-refractivity contribution in [2.75, 3.05) is 33.9 Å². The average molecular weight is 212 g/mol. The third-order valence-corrected chi connectivity index (χ3v) is 4.69. The second-order valence-corrected chi connectivity index (χ2v) is 5.30. The number of nitrogens with two attached hydrogens (primary N) is 1. The molecule has 88 valence electrons. The van der Waals surface area contributed by atoms with Crippen molar-refractivity contribution in [2.24, 2.45) is 17.6 Å². The summed E-state index contributed by atoms with van der Waals surface area (Å²) in [5.74, 6) is 1.79. The average Bonchev–Trinajstić information content (AvgIpc) is 2.85. The van der Waals surface area contributed by atoms with Gasteiger partial charge in [-0.1, -0.05) is 6.42 Å². The molecule has 0 aromatic carbocycles. The van der Waals surface area contributed by atoms with E-state index in [1.807, 2.05) is 0 Å². The van der Waals surface area contributed by atoms with E-state index in [1.54, 1.807) is 7.11 Å². The third kappa shape index (κ3) is 1.81. The van der Waals surface area contributed by atoms with Gasteiger partial charge in [0.2, 0.25) is 0 Å². The summed E-state index contributed by atoms with van der Waals surface area (Å²) in [5, 5.41) is 0. The first kappa shape index (κ1) is 11.4. The number of nitrogens with zero attached hydrogens (tertiary/aromatic N) is 1. The van der Waals surface area contributed by atoms with Gasteiger partial charge in [0.1, 0.15) is 0 Å². The van der Waals surface area contributed by atoms with E-state index >= 15 is 0 Å². The molecule has 15 heavy (non-hydrogen) atoms. The summed E-state index contributed by atoms with van der Waals surface area (Å²) < 4.78 is 5.16. The van der Waals surface area contributed by atoms with E-state index in [9.17, 15) is 0 Å². The van der Waals surface area contributed by atoms with Gasteiger partial charge in [-0.25, -0.2) is 0 Å². The van der Waals surface area contributed by atoms with E-state index in [4.69, 9.17) is 10.5 Å². The quantitative estimate of drug-likeness (QED) is 0.741. The highest BCUT2D eigenvalue weighted by Gasteiger charge is 2.51. The summed E-state index contributed by atoms with van der Waals surface area (Å²) in [6, 6.07) is 0. The molecule has 0 radical (unpaired) electrons. The predicted molar refractivity (Wildman–Crippen MR) is 61.7 cm³/mol. The summed E-state index contributed by atoms with van der Waals surface area (Å²) >= 11 is 0. The molecule has 2 saturated carbocycles. The Morgan fingerprint density at radius 1 is 1.47 bits per heavy atom. The molecule has 2 bridgehead atoms. The summed E-state index contributed by atoms with van der Waals surface area (Å²) in [6.45, 7) is 2.64. The molecule has 0 aliphatic heterocycles. The minimum Gasteiger partial charge on any atom is -0.383 e. The monoisotopic (exact) mass is 212 g/mol. The van der Waals surface area contributed by atoms with E-state index in [1.165, 1.54) is 25.7 Å². The summed E-state index contributed by atoms with van der Waals surface area (Å²) in [4.78, 5) is 2.46. The number of likely N-dealkylation sites (N-methyl/N-ethyl adjacent to an activating group) is 1. The van der Waals surface area contributed by atoms with Gasteiger partial charge < -0.3 is 10.5 Å². The molecule has 3 nitrogen and oxygen atoms in total. The molecule has 2 aliphatic carbocycles. The van der Waals surface area contributed by atoms with Crippen molar-refractivity contribution >= 4 is 0 Å². The van der Waals surface area contributed by atoms with Crippen LogP contribution in [-0.4, -0.2) is 44.3 Å². The molecule has 2 rings (SSSR count). The van der Waals surface area contributed by atoms with Crippen molar-refractivity contribution in [3.05, 3.63) is 0 Å². The highest BCUT2D eigenvalue weighted by atomic mass is 16.5. The molecule has 2 N–H and O–H groups in total. The first-order valence-electron chi connectivity index (χ1n) is 6.13. The summed E-state index contributed by atoms with van der Waals surface area (Å²) in [7, 11) is 3.98.